The van der Waals surface area contributed by atoms with Gasteiger partial charge in [-0.25, -0.2) is 4.98 Å². The second-order valence-corrected chi connectivity index (χ2v) is 4.84. The van der Waals surface area contributed by atoms with Crippen LogP contribution in [0.25, 0.3) is 11.2 Å². The number of rotatable bonds is 6. The molecule has 0 radical (unpaired) electrons. The summed E-state index contributed by atoms with van der Waals surface area (Å²) in [6.07, 6.45) is 2.08. The number of hydrogen-bond acceptors (Lipinski definition) is 4. The second-order valence-electron chi connectivity index (χ2n) is 4.84. The molecule has 0 aromatic carbocycles. The van der Waals surface area contributed by atoms with Crippen LogP contribution in [-0.2, 0) is 24.8 Å². The Bertz CT molecular complexity index is 557. The Morgan fingerprint density at radius 2 is 2.11 bits per heavy atom. The van der Waals surface area contributed by atoms with Crippen molar-refractivity contribution in [2.75, 3.05) is 12.3 Å². The molecule has 106 valence electrons. The van der Waals surface area contributed by atoms with E-state index in [0.717, 1.165) is 29.7 Å². The van der Waals surface area contributed by atoms with Crippen molar-refractivity contribution in [3.8, 4) is 0 Å². The molecule has 2 aromatic heterocycles. The zero-order chi connectivity index (χ0) is 14.0. The van der Waals surface area contributed by atoms with E-state index in [1.165, 1.54) is 0 Å². The lowest BCUT2D eigenvalue weighted by Crippen LogP contribution is -2.19. The smallest absolute Gasteiger partial charge is 0.202 e. The van der Waals surface area contributed by atoms with E-state index in [0.29, 0.717) is 19.1 Å². The lowest BCUT2D eigenvalue weighted by molar-refractivity contribution is 0.0650. The van der Waals surface area contributed by atoms with E-state index in [4.69, 9.17) is 10.5 Å². The third-order valence-electron chi connectivity index (χ3n) is 3.20. The highest BCUT2D eigenvalue weighted by Crippen LogP contribution is 2.22. The van der Waals surface area contributed by atoms with Crippen LogP contribution in [0.1, 0.15) is 32.9 Å². The largest absolute Gasteiger partial charge is 0.377 e. The van der Waals surface area contributed by atoms with Gasteiger partial charge in [0, 0.05) is 13.7 Å². The molecule has 1 unspecified atom stereocenters. The van der Waals surface area contributed by atoms with Gasteiger partial charge in [-0.15, -0.1) is 0 Å². The topological polar surface area (TPSA) is 70.9 Å². The Kier molecular flexibility index (Phi) is 4.09. The van der Waals surface area contributed by atoms with E-state index in [2.05, 4.69) is 17.0 Å². The molecule has 0 amide bonds. The van der Waals surface area contributed by atoms with Crippen LogP contribution in [0.4, 0.5) is 5.95 Å². The minimum absolute atomic E-state index is 0.106. The van der Waals surface area contributed by atoms with Gasteiger partial charge in [0.2, 0.25) is 5.95 Å². The van der Waals surface area contributed by atoms with E-state index < -0.39 is 0 Å². The van der Waals surface area contributed by atoms with Crippen molar-refractivity contribution in [3.05, 3.63) is 5.69 Å². The van der Waals surface area contributed by atoms with Crippen LogP contribution in [-0.4, -0.2) is 32.0 Å². The Balaban J connectivity index is 2.40. The highest BCUT2D eigenvalue weighted by molar-refractivity contribution is 5.77. The molecule has 0 aliphatic rings. The highest BCUT2D eigenvalue weighted by Gasteiger charge is 2.18. The van der Waals surface area contributed by atoms with Crippen LogP contribution in [0.3, 0.4) is 0 Å². The van der Waals surface area contributed by atoms with Crippen molar-refractivity contribution in [1.29, 1.82) is 0 Å². The molecule has 0 aliphatic carbocycles. The number of nitrogens with two attached hydrogens (primary N) is 1. The Morgan fingerprint density at radius 1 is 1.37 bits per heavy atom. The normalized spacial score (nSPS) is 13.3. The number of nitrogens with zero attached hydrogens (tertiary/aromatic N) is 4. The van der Waals surface area contributed by atoms with Crippen LogP contribution in [0.2, 0.25) is 0 Å². The predicted octanol–water partition coefficient (Wildman–Crippen LogP) is 1.73. The molecule has 0 fully saturated rings. The fourth-order valence-corrected chi connectivity index (χ4v) is 2.44. The molecule has 0 spiro atoms. The van der Waals surface area contributed by atoms with E-state index >= 15 is 0 Å². The molecular weight excluding hydrogens is 242 g/mol. The first-order valence-electron chi connectivity index (χ1n) is 6.87. The molecule has 2 aromatic rings. The second kappa shape index (κ2) is 5.61. The summed E-state index contributed by atoms with van der Waals surface area (Å²) in [6.45, 7) is 7.57. The van der Waals surface area contributed by atoms with Crippen molar-refractivity contribution in [2.45, 2.75) is 46.3 Å². The Hall–Kier alpha value is -1.56. The van der Waals surface area contributed by atoms with Crippen LogP contribution in [0.5, 0.6) is 0 Å². The maximum absolute atomic E-state index is 6.03. The number of aryl methyl sites for hydroxylation is 2. The summed E-state index contributed by atoms with van der Waals surface area (Å²) in [5, 5.41) is 4.53. The van der Waals surface area contributed by atoms with Gasteiger partial charge in [0.1, 0.15) is 5.52 Å². The number of aromatic nitrogens is 4. The summed E-state index contributed by atoms with van der Waals surface area (Å²) in [6, 6.07) is 0. The molecular formula is C13H23N5O. The van der Waals surface area contributed by atoms with Gasteiger partial charge in [0.25, 0.3) is 0 Å². The van der Waals surface area contributed by atoms with E-state index in [-0.39, 0.29) is 6.10 Å². The van der Waals surface area contributed by atoms with Gasteiger partial charge in [-0.3, -0.25) is 9.25 Å². The molecule has 6 nitrogen and oxygen atoms in total. The molecule has 19 heavy (non-hydrogen) atoms. The molecule has 1 atom stereocenters. The number of nitrogen functional groups attached to an aromatic ring is 1. The Labute approximate surface area is 113 Å². The van der Waals surface area contributed by atoms with Crippen LogP contribution < -0.4 is 5.73 Å². The number of imidazole rings is 1. The summed E-state index contributed by atoms with van der Waals surface area (Å²) in [7, 11) is 1.93. The molecule has 2 N–H and O–H groups in total. The van der Waals surface area contributed by atoms with E-state index in [9.17, 15) is 0 Å². The van der Waals surface area contributed by atoms with Gasteiger partial charge >= 0.3 is 0 Å². The average molecular weight is 265 g/mol. The zero-order valence-corrected chi connectivity index (χ0v) is 12.2. The monoisotopic (exact) mass is 265 g/mol. The molecule has 0 bridgehead atoms. The Morgan fingerprint density at radius 3 is 2.74 bits per heavy atom. The number of ether oxygens (including phenoxy) is 1. The molecule has 2 rings (SSSR count). The van der Waals surface area contributed by atoms with Crippen molar-refractivity contribution < 1.29 is 4.74 Å². The van der Waals surface area contributed by atoms with Crippen molar-refractivity contribution in [3.63, 3.8) is 0 Å². The number of hydrogen-bond donors (Lipinski definition) is 1. The minimum atomic E-state index is 0.106. The first-order chi connectivity index (χ1) is 9.08. The first kappa shape index (κ1) is 13.9. The van der Waals surface area contributed by atoms with Gasteiger partial charge in [0.15, 0.2) is 5.65 Å². The van der Waals surface area contributed by atoms with Gasteiger partial charge in [0.05, 0.1) is 18.3 Å². The summed E-state index contributed by atoms with van der Waals surface area (Å²) >= 11 is 0. The lowest BCUT2D eigenvalue weighted by atomic mass is 10.2. The average Bonchev–Trinajstić information content (AvgIpc) is 2.81. The summed E-state index contributed by atoms with van der Waals surface area (Å²) in [4.78, 5) is 4.47. The van der Waals surface area contributed by atoms with Gasteiger partial charge in [-0.2, -0.15) is 5.10 Å². The van der Waals surface area contributed by atoms with Gasteiger partial charge in [-0.1, -0.05) is 13.3 Å². The molecule has 2 heterocycles. The first-order valence-corrected chi connectivity index (χ1v) is 6.87. The molecule has 0 aliphatic heterocycles. The van der Waals surface area contributed by atoms with Crippen LogP contribution >= 0.6 is 0 Å². The highest BCUT2D eigenvalue weighted by atomic mass is 16.5. The fraction of sp³-hybridized carbons (Fsp3) is 0.692. The van der Waals surface area contributed by atoms with Crippen molar-refractivity contribution in [2.24, 2.45) is 7.05 Å². The number of fused-ring (bicyclic) bond motifs is 1. The van der Waals surface area contributed by atoms with Crippen molar-refractivity contribution >= 4 is 17.1 Å². The molecule has 6 heteroatoms. The summed E-state index contributed by atoms with van der Waals surface area (Å²) in [5.74, 6) is 0.534. The molecule has 0 saturated carbocycles. The van der Waals surface area contributed by atoms with E-state index in [1.54, 1.807) is 0 Å². The minimum Gasteiger partial charge on any atom is -0.377 e. The quantitative estimate of drug-likeness (QED) is 0.863. The van der Waals surface area contributed by atoms with E-state index in [1.807, 2.05) is 30.1 Å². The molecule has 0 saturated heterocycles. The SMILES string of the molecule is CCCc1nn(C)c2c1nc(N)n2CC(C)OCC. The fourth-order valence-electron chi connectivity index (χ4n) is 2.44. The van der Waals surface area contributed by atoms with Crippen LogP contribution in [0, 0.1) is 0 Å². The predicted molar refractivity (Wildman–Crippen MR) is 76.0 cm³/mol. The van der Waals surface area contributed by atoms with Crippen molar-refractivity contribution in [1.82, 2.24) is 19.3 Å². The van der Waals surface area contributed by atoms with Crippen LogP contribution in [0.15, 0.2) is 0 Å². The summed E-state index contributed by atoms with van der Waals surface area (Å²) in [5.41, 5.74) is 8.96. The van der Waals surface area contributed by atoms with Gasteiger partial charge < -0.3 is 10.5 Å². The van der Waals surface area contributed by atoms with Gasteiger partial charge in [-0.05, 0) is 20.3 Å². The maximum atomic E-state index is 6.03. The standard InChI is InChI=1S/C13H23N5O/c1-5-7-10-11-12(17(4)16-10)18(13(14)15-11)8-9(3)19-6-2/h9H,5-8H2,1-4H3,(H2,14,15). The lowest BCUT2D eigenvalue weighted by Gasteiger charge is -2.13. The summed E-state index contributed by atoms with van der Waals surface area (Å²) < 4.78 is 9.43. The third-order valence-corrected chi connectivity index (χ3v) is 3.20. The zero-order valence-electron chi connectivity index (χ0n) is 12.2. The number of anilines is 1. The maximum Gasteiger partial charge on any atom is 0.202 e. The third kappa shape index (κ3) is 2.58.